The summed E-state index contributed by atoms with van der Waals surface area (Å²) < 4.78 is 0. The zero-order valence-electron chi connectivity index (χ0n) is 6.50. The van der Waals surface area contributed by atoms with Crippen molar-refractivity contribution < 1.29 is 23.7 Å². The van der Waals surface area contributed by atoms with Gasteiger partial charge in [-0.3, -0.25) is 4.79 Å². The molecule has 1 rings (SSSR count). The van der Waals surface area contributed by atoms with Crippen LogP contribution >= 0.6 is 0 Å². The Morgan fingerprint density at radius 1 is 1.45 bits per heavy atom. The molecule has 0 aromatic heterocycles. The predicted molar refractivity (Wildman–Crippen MR) is 38.7 cm³/mol. The van der Waals surface area contributed by atoms with E-state index in [-0.39, 0.29) is 24.6 Å². The van der Waals surface area contributed by atoms with Gasteiger partial charge in [-0.1, -0.05) is 0 Å². The molecular formula is C7H6LiNO2. The molecule has 1 aliphatic rings. The molecule has 0 atom stereocenters. The molecule has 0 heterocycles. The number of carbonyl (C=O) groups is 1. The van der Waals surface area contributed by atoms with Gasteiger partial charge in [-0.2, -0.15) is 0 Å². The largest absolute Gasteiger partial charge is 1.00 e. The van der Waals surface area contributed by atoms with Crippen molar-refractivity contribution in [2.75, 3.05) is 0 Å². The second-order valence-corrected chi connectivity index (χ2v) is 2.04. The average molecular weight is 143 g/mol. The number of rotatable bonds is 0. The third-order valence-corrected chi connectivity index (χ3v) is 1.27. The SMILES string of the molecule is CC1=CC(=O)C=C/C1=N\[O-].[Li+]. The van der Waals surface area contributed by atoms with Crippen LogP contribution in [0.4, 0.5) is 0 Å². The summed E-state index contributed by atoms with van der Waals surface area (Å²) in [4.78, 5) is 10.6. The number of nitrogens with zero attached hydrogens (tertiary/aromatic N) is 1. The summed E-state index contributed by atoms with van der Waals surface area (Å²) in [5.74, 6) is -0.0927. The summed E-state index contributed by atoms with van der Waals surface area (Å²) in [5.41, 5.74) is 0.960. The molecule has 0 aliphatic heterocycles. The summed E-state index contributed by atoms with van der Waals surface area (Å²) in [6.07, 6.45) is 4.13. The van der Waals surface area contributed by atoms with Crippen LogP contribution in [0.1, 0.15) is 6.92 Å². The fourth-order valence-corrected chi connectivity index (χ4v) is 0.730. The van der Waals surface area contributed by atoms with E-state index in [0.29, 0.717) is 11.3 Å². The van der Waals surface area contributed by atoms with Gasteiger partial charge in [0.2, 0.25) is 0 Å². The Morgan fingerprint density at radius 3 is 2.55 bits per heavy atom. The molecule has 3 nitrogen and oxygen atoms in total. The van der Waals surface area contributed by atoms with E-state index in [4.69, 9.17) is 0 Å². The van der Waals surface area contributed by atoms with Crippen LogP contribution in [0.3, 0.4) is 0 Å². The Labute approximate surface area is 76.6 Å². The van der Waals surface area contributed by atoms with Gasteiger partial charge in [-0.25, -0.2) is 0 Å². The first-order valence-electron chi connectivity index (χ1n) is 2.85. The van der Waals surface area contributed by atoms with Gasteiger partial charge >= 0.3 is 18.9 Å². The van der Waals surface area contributed by atoms with E-state index in [1.54, 1.807) is 6.92 Å². The third kappa shape index (κ3) is 2.38. The zero-order chi connectivity index (χ0) is 7.56. The van der Waals surface area contributed by atoms with Crippen LogP contribution in [0.25, 0.3) is 0 Å². The van der Waals surface area contributed by atoms with E-state index >= 15 is 0 Å². The van der Waals surface area contributed by atoms with Crippen molar-refractivity contribution in [3.05, 3.63) is 29.0 Å². The first-order chi connectivity index (χ1) is 4.74. The molecule has 0 aromatic carbocycles. The molecule has 0 fully saturated rings. The minimum atomic E-state index is -0.0927. The summed E-state index contributed by atoms with van der Waals surface area (Å²) in [5, 5.41) is 12.7. The quantitative estimate of drug-likeness (QED) is 0.224. The predicted octanol–water partition coefficient (Wildman–Crippen LogP) is -1.99. The maximum absolute atomic E-state index is 10.6. The first-order valence-corrected chi connectivity index (χ1v) is 2.85. The Morgan fingerprint density at radius 2 is 2.09 bits per heavy atom. The molecule has 1 aliphatic carbocycles. The topological polar surface area (TPSA) is 52.5 Å². The first kappa shape index (κ1) is 10.2. The van der Waals surface area contributed by atoms with Crippen LogP contribution in [-0.2, 0) is 4.79 Å². The molecule has 0 aromatic rings. The Balaban J connectivity index is 0.000001000. The van der Waals surface area contributed by atoms with Crippen molar-refractivity contribution in [3.63, 3.8) is 0 Å². The van der Waals surface area contributed by atoms with Gasteiger partial charge < -0.3 is 10.4 Å². The molecular weight excluding hydrogens is 137 g/mol. The standard InChI is InChI=1S/C7H7NO2.Li/c1-5-4-6(9)2-3-7(5)8-10;/h2-4,10H,1H3;/q;+1/p-1/b8-7+;. The molecule has 0 saturated carbocycles. The minimum absolute atomic E-state index is 0. The summed E-state index contributed by atoms with van der Waals surface area (Å²) in [6, 6.07) is 0. The van der Waals surface area contributed by atoms with E-state index in [1.165, 1.54) is 18.2 Å². The molecule has 0 bridgehead atoms. The zero-order valence-corrected chi connectivity index (χ0v) is 6.50. The van der Waals surface area contributed by atoms with Crippen molar-refractivity contribution >= 4 is 11.5 Å². The molecule has 0 saturated heterocycles. The van der Waals surface area contributed by atoms with Crippen LogP contribution in [0, 0.1) is 5.21 Å². The molecule has 0 amide bonds. The van der Waals surface area contributed by atoms with Gasteiger partial charge in [-0.05, 0) is 30.7 Å². The van der Waals surface area contributed by atoms with Crippen LogP contribution < -0.4 is 18.9 Å². The summed E-state index contributed by atoms with van der Waals surface area (Å²) in [6.45, 7) is 1.68. The molecule has 0 spiro atoms. The van der Waals surface area contributed by atoms with Crippen LogP contribution in [0.2, 0.25) is 0 Å². The number of hydrogen-bond donors (Lipinski definition) is 0. The number of ketones is 1. The van der Waals surface area contributed by atoms with Gasteiger partial charge in [0.25, 0.3) is 0 Å². The van der Waals surface area contributed by atoms with Crippen molar-refractivity contribution in [2.24, 2.45) is 5.16 Å². The molecule has 0 N–H and O–H groups in total. The molecule has 0 radical (unpaired) electrons. The van der Waals surface area contributed by atoms with Gasteiger partial charge in [0, 0.05) is 0 Å². The Kier molecular flexibility index (Phi) is 3.87. The van der Waals surface area contributed by atoms with Gasteiger partial charge in [0.15, 0.2) is 5.78 Å². The Hall–Kier alpha value is -0.783. The van der Waals surface area contributed by atoms with Crippen LogP contribution in [0.5, 0.6) is 0 Å². The fourth-order valence-electron chi connectivity index (χ4n) is 0.730. The van der Waals surface area contributed by atoms with Gasteiger partial charge in [-0.15, -0.1) is 0 Å². The second kappa shape index (κ2) is 4.17. The monoisotopic (exact) mass is 143 g/mol. The second-order valence-electron chi connectivity index (χ2n) is 2.04. The normalized spacial score (nSPS) is 19.5. The number of hydrogen-bond acceptors (Lipinski definition) is 3. The van der Waals surface area contributed by atoms with E-state index in [0.717, 1.165) is 0 Å². The average Bonchev–Trinajstić information content (AvgIpc) is 1.88. The van der Waals surface area contributed by atoms with Gasteiger partial charge in [0.1, 0.15) is 0 Å². The molecule has 52 valence electrons. The maximum atomic E-state index is 10.6. The van der Waals surface area contributed by atoms with E-state index in [1.807, 2.05) is 0 Å². The molecule has 0 unspecified atom stereocenters. The number of carbonyl (C=O) groups excluding carboxylic acids is 1. The van der Waals surface area contributed by atoms with E-state index < -0.39 is 0 Å². The molecule has 4 heteroatoms. The number of allylic oxidation sites excluding steroid dienone is 4. The van der Waals surface area contributed by atoms with Gasteiger partial charge in [0.05, 0.1) is 5.71 Å². The molecule has 11 heavy (non-hydrogen) atoms. The minimum Gasteiger partial charge on any atom is -0.792 e. The van der Waals surface area contributed by atoms with Crippen molar-refractivity contribution in [1.29, 1.82) is 0 Å². The Bertz CT molecular complexity index is 253. The summed E-state index contributed by atoms with van der Waals surface area (Å²) >= 11 is 0. The van der Waals surface area contributed by atoms with Crippen LogP contribution in [-0.4, -0.2) is 11.5 Å². The fraction of sp³-hybridized carbons (Fsp3) is 0.143. The van der Waals surface area contributed by atoms with Crippen molar-refractivity contribution in [3.8, 4) is 0 Å². The third-order valence-electron chi connectivity index (χ3n) is 1.27. The maximum Gasteiger partial charge on any atom is 1.00 e. The van der Waals surface area contributed by atoms with E-state index in [9.17, 15) is 10.0 Å². The van der Waals surface area contributed by atoms with Crippen molar-refractivity contribution in [1.82, 2.24) is 0 Å². The van der Waals surface area contributed by atoms with Crippen LogP contribution in [0.15, 0.2) is 29.0 Å². The smallest absolute Gasteiger partial charge is 0.792 e. The van der Waals surface area contributed by atoms with Crippen molar-refractivity contribution in [2.45, 2.75) is 6.92 Å². The van der Waals surface area contributed by atoms with E-state index in [2.05, 4.69) is 5.16 Å². The summed E-state index contributed by atoms with van der Waals surface area (Å²) in [7, 11) is 0.